The Kier molecular flexibility index (Phi) is 3.14. The van der Waals surface area contributed by atoms with E-state index in [4.69, 9.17) is 0 Å². The molecule has 3 aromatic rings. The predicted molar refractivity (Wildman–Crippen MR) is 78.1 cm³/mol. The van der Waals surface area contributed by atoms with Crippen molar-refractivity contribution in [3.05, 3.63) is 42.6 Å². The third kappa shape index (κ3) is 2.29. The summed E-state index contributed by atoms with van der Waals surface area (Å²) in [5.74, 6) is 1.64. The van der Waals surface area contributed by atoms with Crippen molar-refractivity contribution >= 4 is 16.9 Å². The lowest BCUT2D eigenvalue weighted by Crippen LogP contribution is -2.04. The zero-order valence-electron chi connectivity index (χ0n) is 10.9. The highest BCUT2D eigenvalue weighted by Gasteiger charge is 2.09. The standard InChI is InChI=1S/C15H16N4/c1-2-9-16-14-12-8-10-17-15(12)19-13(18-14)11-6-4-3-5-7-11/h3-8,10H,2,9H2,1H3,(H2,16,17,18,19). The van der Waals surface area contributed by atoms with Gasteiger partial charge < -0.3 is 10.3 Å². The van der Waals surface area contributed by atoms with Gasteiger partial charge in [-0.2, -0.15) is 0 Å². The molecule has 0 fully saturated rings. The smallest absolute Gasteiger partial charge is 0.163 e. The monoisotopic (exact) mass is 252 g/mol. The van der Waals surface area contributed by atoms with Gasteiger partial charge in [0.1, 0.15) is 11.5 Å². The van der Waals surface area contributed by atoms with E-state index in [9.17, 15) is 0 Å². The number of rotatable bonds is 4. The fourth-order valence-electron chi connectivity index (χ4n) is 2.04. The summed E-state index contributed by atoms with van der Waals surface area (Å²) >= 11 is 0. The number of nitrogens with one attached hydrogen (secondary N) is 2. The van der Waals surface area contributed by atoms with E-state index in [0.29, 0.717) is 0 Å². The van der Waals surface area contributed by atoms with Gasteiger partial charge >= 0.3 is 0 Å². The maximum atomic E-state index is 4.64. The highest BCUT2D eigenvalue weighted by atomic mass is 15.1. The van der Waals surface area contributed by atoms with E-state index in [2.05, 4.69) is 27.2 Å². The molecule has 96 valence electrons. The molecule has 3 rings (SSSR count). The molecule has 1 aromatic carbocycles. The molecule has 0 saturated heterocycles. The number of fused-ring (bicyclic) bond motifs is 1. The quantitative estimate of drug-likeness (QED) is 0.747. The summed E-state index contributed by atoms with van der Waals surface area (Å²) in [5, 5.41) is 4.40. The number of aromatic nitrogens is 3. The first-order valence-electron chi connectivity index (χ1n) is 6.53. The molecule has 19 heavy (non-hydrogen) atoms. The van der Waals surface area contributed by atoms with E-state index in [1.54, 1.807) is 0 Å². The Morgan fingerprint density at radius 1 is 1.11 bits per heavy atom. The van der Waals surface area contributed by atoms with Crippen molar-refractivity contribution in [2.75, 3.05) is 11.9 Å². The van der Waals surface area contributed by atoms with Crippen LogP contribution in [0.25, 0.3) is 22.4 Å². The largest absolute Gasteiger partial charge is 0.369 e. The summed E-state index contributed by atoms with van der Waals surface area (Å²) in [6, 6.07) is 12.0. The van der Waals surface area contributed by atoms with Crippen molar-refractivity contribution in [1.29, 1.82) is 0 Å². The van der Waals surface area contributed by atoms with Gasteiger partial charge in [0.15, 0.2) is 5.82 Å². The van der Waals surface area contributed by atoms with Gasteiger partial charge in [0.2, 0.25) is 0 Å². The Morgan fingerprint density at radius 3 is 2.74 bits per heavy atom. The predicted octanol–water partition coefficient (Wildman–Crippen LogP) is 3.45. The number of H-pyrrole nitrogens is 1. The van der Waals surface area contributed by atoms with Crippen LogP contribution in [0, 0.1) is 0 Å². The summed E-state index contributed by atoms with van der Waals surface area (Å²) in [5.41, 5.74) is 1.89. The van der Waals surface area contributed by atoms with Crippen LogP contribution in [0.5, 0.6) is 0 Å². The number of anilines is 1. The fraction of sp³-hybridized carbons (Fsp3) is 0.200. The van der Waals surface area contributed by atoms with Crippen LogP contribution >= 0.6 is 0 Å². The van der Waals surface area contributed by atoms with Gasteiger partial charge in [0.05, 0.1) is 5.39 Å². The first-order valence-corrected chi connectivity index (χ1v) is 6.53. The van der Waals surface area contributed by atoms with Gasteiger partial charge in [0.25, 0.3) is 0 Å². The van der Waals surface area contributed by atoms with Crippen LogP contribution in [0.2, 0.25) is 0 Å². The first kappa shape index (κ1) is 11.7. The van der Waals surface area contributed by atoms with Crippen molar-refractivity contribution in [2.45, 2.75) is 13.3 Å². The molecule has 2 heterocycles. The van der Waals surface area contributed by atoms with Crippen LogP contribution in [0.4, 0.5) is 5.82 Å². The number of hydrogen-bond acceptors (Lipinski definition) is 3. The maximum Gasteiger partial charge on any atom is 0.163 e. The average Bonchev–Trinajstić information content (AvgIpc) is 2.94. The molecule has 0 aliphatic rings. The van der Waals surface area contributed by atoms with Crippen molar-refractivity contribution in [3.8, 4) is 11.4 Å². The number of hydrogen-bond donors (Lipinski definition) is 2. The topological polar surface area (TPSA) is 53.6 Å². The number of benzene rings is 1. The Balaban J connectivity index is 2.11. The maximum absolute atomic E-state index is 4.64. The van der Waals surface area contributed by atoms with E-state index in [1.165, 1.54) is 0 Å². The molecule has 4 heteroatoms. The molecule has 0 saturated carbocycles. The molecule has 0 amide bonds. The first-order chi connectivity index (χ1) is 9.38. The molecule has 0 bridgehead atoms. The van der Waals surface area contributed by atoms with Gasteiger partial charge in [-0.1, -0.05) is 37.3 Å². The van der Waals surface area contributed by atoms with Crippen LogP contribution < -0.4 is 5.32 Å². The van der Waals surface area contributed by atoms with Gasteiger partial charge in [-0.25, -0.2) is 9.97 Å². The van der Waals surface area contributed by atoms with E-state index in [1.807, 2.05) is 42.6 Å². The number of nitrogens with zero attached hydrogens (tertiary/aromatic N) is 2. The zero-order chi connectivity index (χ0) is 13.1. The van der Waals surface area contributed by atoms with Crippen LogP contribution in [-0.4, -0.2) is 21.5 Å². The molecule has 0 atom stereocenters. The second kappa shape index (κ2) is 5.10. The van der Waals surface area contributed by atoms with Crippen molar-refractivity contribution in [1.82, 2.24) is 15.0 Å². The van der Waals surface area contributed by atoms with Crippen molar-refractivity contribution in [3.63, 3.8) is 0 Å². The van der Waals surface area contributed by atoms with Gasteiger partial charge in [-0.15, -0.1) is 0 Å². The molecular formula is C15H16N4. The molecule has 0 unspecified atom stereocenters. The van der Waals surface area contributed by atoms with Crippen LogP contribution in [0.1, 0.15) is 13.3 Å². The van der Waals surface area contributed by atoms with E-state index < -0.39 is 0 Å². The minimum absolute atomic E-state index is 0.745. The Bertz CT molecular complexity index is 673. The lowest BCUT2D eigenvalue weighted by molar-refractivity contribution is 0.970. The van der Waals surface area contributed by atoms with Crippen molar-refractivity contribution in [2.24, 2.45) is 0 Å². The summed E-state index contributed by atoms with van der Waals surface area (Å²) in [6.45, 7) is 3.05. The van der Waals surface area contributed by atoms with Crippen LogP contribution in [0.15, 0.2) is 42.6 Å². The van der Waals surface area contributed by atoms with E-state index >= 15 is 0 Å². The minimum Gasteiger partial charge on any atom is -0.369 e. The van der Waals surface area contributed by atoms with Crippen LogP contribution in [0.3, 0.4) is 0 Å². The summed E-state index contributed by atoms with van der Waals surface area (Å²) in [4.78, 5) is 12.4. The Morgan fingerprint density at radius 2 is 1.95 bits per heavy atom. The van der Waals surface area contributed by atoms with Crippen LogP contribution in [-0.2, 0) is 0 Å². The molecule has 0 aliphatic carbocycles. The average molecular weight is 252 g/mol. The highest BCUT2D eigenvalue weighted by Crippen LogP contribution is 2.23. The molecule has 4 nitrogen and oxygen atoms in total. The fourth-order valence-corrected chi connectivity index (χ4v) is 2.04. The summed E-state index contributed by atoms with van der Waals surface area (Å²) in [7, 11) is 0. The van der Waals surface area contributed by atoms with E-state index in [-0.39, 0.29) is 0 Å². The Labute approximate surface area is 111 Å². The summed E-state index contributed by atoms with van der Waals surface area (Å²) in [6.07, 6.45) is 2.96. The lowest BCUT2D eigenvalue weighted by Gasteiger charge is -2.07. The zero-order valence-corrected chi connectivity index (χ0v) is 10.9. The third-order valence-corrected chi connectivity index (χ3v) is 2.99. The van der Waals surface area contributed by atoms with Gasteiger partial charge in [0, 0.05) is 18.3 Å². The third-order valence-electron chi connectivity index (χ3n) is 2.99. The highest BCUT2D eigenvalue weighted by molar-refractivity contribution is 5.88. The second-order valence-electron chi connectivity index (χ2n) is 4.43. The summed E-state index contributed by atoms with van der Waals surface area (Å²) < 4.78 is 0. The normalized spacial score (nSPS) is 10.8. The second-order valence-corrected chi connectivity index (χ2v) is 4.43. The Hall–Kier alpha value is -2.36. The lowest BCUT2D eigenvalue weighted by atomic mass is 10.2. The van der Waals surface area contributed by atoms with E-state index in [0.717, 1.165) is 41.2 Å². The SMILES string of the molecule is CCCNc1nc(-c2ccccc2)nc2[nH]ccc12. The number of aromatic amines is 1. The van der Waals surface area contributed by atoms with Crippen molar-refractivity contribution < 1.29 is 0 Å². The molecule has 2 aromatic heterocycles. The minimum atomic E-state index is 0.745. The van der Waals surface area contributed by atoms with Gasteiger partial charge in [-0.05, 0) is 12.5 Å². The molecule has 0 radical (unpaired) electrons. The molecule has 0 aliphatic heterocycles. The molecular weight excluding hydrogens is 236 g/mol. The van der Waals surface area contributed by atoms with Gasteiger partial charge in [-0.3, -0.25) is 0 Å². The molecule has 2 N–H and O–H groups in total. The molecule has 0 spiro atoms.